The number of nitrogens with one attached hydrogen (secondary N) is 1. The summed E-state index contributed by atoms with van der Waals surface area (Å²) in [5.41, 5.74) is 2.30. The Morgan fingerprint density at radius 1 is 0.875 bits per heavy atom. The van der Waals surface area contributed by atoms with E-state index in [4.69, 9.17) is 5.21 Å². The Labute approximate surface area is 98.9 Å². The van der Waals surface area contributed by atoms with Crippen molar-refractivity contribution in [3.8, 4) is 0 Å². The summed E-state index contributed by atoms with van der Waals surface area (Å²) in [4.78, 5) is 10.1. The summed E-state index contributed by atoms with van der Waals surface area (Å²) in [6, 6.07) is 0. The lowest BCUT2D eigenvalue weighted by atomic mass is 10.1. The van der Waals surface area contributed by atoms with Gasteiger partial charge in [-0.15, -0.1) is 5.43 Å². The van der Waals surface area contributed by atoms with Crippen LogP contribution < -0.4 is 5.43 Å². The SMILES string of the molecule is CCCCCCCCCCCCN[N+](=O)O. The molecule has 0 amide bonds. The summed E-state index contributed by atoms with van der Waals surface area (Å²) < 4.78 is 0. The van der Waals surface area contributed by atoms with E-state index in [0.717, 1.165) is 12.8 Å². The number of hydrogen-bond acceptors (Lipinski definition) is 1. The third-order valence-corrected chi connectivity index (χ3v) is 2.78. The summed E-state index contributed by atoms with van der Waals surface area (Å²) in [6.45, 7) is 2.81. The summed E-state index contributed by atoms with van der Waals surface area (Å²) in [6.07, 6.45) is 12.8. The van der Waals surface area contributed by atoms with Gasteiger partial charge in [-0.2, -0.15) is 0 Å². The zero-order chi connectivity index (χ0) is 12.1. The van der Waals surface area contributed by atoms with Gasteiger partial charge in [0, 0.05) is 0 Å². The maximum atomic E-state index is 10.1. The Bertz CT molecular complexity index is 163. The minimum atomic E-state index is -0.215. The molecule has 0 aromatic carbocycles. The summed E-state index contributed by atoms with van der Waals surface area (Å²) >= 11 is 0. The van der Waals surface area contributed by atoms with Gasteiger partial charge in [0.15, 0.2) is 0 Å². The molecule has 0 aromatic heterocycles. The van der Waals surface area contributed by atoms with Gasteiger partial charge in [0.2, 0.25) is 0 Å². The van der Waals surface area contributed by atoms with Crippen LogP contribution in [0.4, 0.5) is 0 Å². The highest BCUT2D eigenvalue weighted by molar-refractivity contribution is 4.47. The molecule has 0 aliphatic carbocycles. The molecule has 0 spiro atoms. The van der Waals surface area contributed by atoms with Crippen molar-refractivity contribution in [1.29, 1.82) is 0 Å². The van der Waals surface area contributed by atoms with Crippen molar-refractivity contribution in [2.75, 3.05) is 6.54 Å². The highest BCUT2D eigenvalue weighted by Gasteiger charge is 1.98. The number of hydrogen-bond donors (Lipinski definition) is 2. The van der Waals surface area contributed by atoms with Crippen LogP contribution in [0.5, 0.6) is 0 Å². The maximum absolute atomic E-state index is 10.1. The Morgan fingerprint density at radius 3 is 1.75 bits per heavy atom. The molecule has 0 saturated carbocycles. The highest BCUT2D eigenvalue weighted by Crippen LogP contribution is 2.10. The van der Waals surface area contributed by atoms with Crippen LogP contribution >= 0.6 is 0 Å². The lowest BCUT2D eigenvalue weighted by Gasteiger charge is -2.01. The summed E-state index contributed by atoms with van der Waals surface area (Å²) in [5.74, 6) is 0. The Kier molecular flexibility index (Phi) is 11.7. The van der Waals surface area contributed by atoms with Gasteiger partial charge in [0.25, 0.3) is 0 Å². The topological polar surface area (TPSA) is 52.3 Å². The number of hydrazine groups is 1. The van der Waals surface area contributed by atoms with Crippen molar-refractivity contribution in [1.82, 2.24) is 5.43 Å². The van der Waals surface area contributed by atoms with E-state index in [-0.39, 0.29) is 5.03 Å². The van der Waals surface area contributed by atoms with Crippen LogP contribution in [-0.4, -0.2) is 16.8 Å². The molecule has 0 aliphatic rings. The van der Waals surface area contributed by atoms with Crippen LogP contribution in [0.3, 0.4) is 0 Å². The fourth-order valence-electron chi connectivity index (χ4n) is 1.79. The third kappa shape index (κ3) is 13.2. The van der Waals surface area contributed by atoms with Gasteiger partial charge in [-0.1, -0.05) is 64.7 Å². The van der Waals surface area contributed by atoms with E-state index in [1.165, 1.54) is 51.4 Å². The van der Waals surface area contributed by atoms with E-state index in [1.54, 1.807) is 0 Å². The normalized spacial score (nSPS) is 10.3. The first-order valence-corrected chi connectivity index (χ1v) is 6.67. The monoisotopic (exact) mass is 231 g/mol. The molecule has 0 radical (unpaired) electrons. The Morgan fingerprint density at radius 2 is 1.31 bits per heavy atom. The second-order valence-electron chi connectivity index (χ2n) is 4.36. The van der Waals surface area contributed by atoms with Crippen molar-refractivity contribution in [3.05, 3.63) is 4.91 Å². The van der Waals surface area contributed by atoms with Gasteiger partial charge >= 0.3 is 5.03 Å². The van der Waals surface area contributed by atoms with Gasteiger partial charge in [-0.25, -0.2) is 5.21 Å². The number of rotatable bonds is 12. The first kappa shape index (κ1) is 15.2. The van der Waals surface area contributed by atoms with Crippen LogP contribution in [0.25, 0.3) is 0 Å². The van der Waals surface area contributed by atoms with E-state index in [2.05, 4.69) is 12.3 Å². The van der Waals surface area contributed by atoms with E-state index in [9.17, 15) is 4.91 Å². The molecule has 96 valence electrons. The molecule has 0 unspecified atom stereocenters. The van der Waals surface area contributed by atoms with Gasteiger partial charge in [0.1, 0.15) is 4.91 Å². The number of unbranched alkanes of at least 4 members (excludes halogenated alkanes) is 9. The lowest BCUT2D eigenvalue weighted by Crippen LogP contribution is -2.24. The van der Waals surface area contributed by atoms with Crippen LogP contribution in [0.2, 0.25) is 0 Å². The standard InChI is InChI=1S/C12H27N2O2/c1-2-3-4-5-6-7-8-9-10-11-12-13-14(15)16/h13H,2-12H2,1H3,(H,15,16)/q+1. The lowest BCUT2D eigenvalue weighted by molar-refractivity contribution is -0.832. The second-order valence-corrected chi connectivity index (χ2v) is 4.36. The van der Waals surface area contributed by atoms with E-state index in [0.29, 0.717) is 6.54 Å². The fraction of sp³-hybridized carbons (Fsp3) is 1.00. The highest BCUT2D eigenvalue weighted by atomic mass is 16.7. The molecule has 0 heterocycles. The zero-order valence-corrected chi connectivity index (χ0v) is 10.6. The van der Waals surface area contributed by atoms with Crippen LogP contribution in [0, 0.1) is 4.91 Å². The Hall–Kier alpha value is -0.800. The second kappa shape index (κ2) is 12.3. The molecule has 0 rings (SSSR count). The Balaban J connectivity index is 2.90. The minimum absolute atomic E-state index is 0.215. The first-order valence-electron chi connectivity index (χ1n) is 6.67. The molecule has 4 heteroatoms. The predicted octanol–water partition coefficient (Wildman–Crippen LogP) is 3.58. The van der Waals surface area contributed by atoms with E-state index in [1.807, 2.05) is 0 Å². The maximum Gasteiger partial charge on any atom is 0.354 e. The van der Waals surface area contributed by atoms with E-state index >= 15 is 0 Å². The summed E-state index contributed by atoms with van der Waals surface area (Å²) in [5, 5.41) is 8.05. The van der Waals surface area contributed by atoms with Crippen molar-refractivity contribution in [2.45, 2.75) is 71.1 Å². The third-order valence-electron chi connectivity index (χ3n) is 2.78. The van der Waals surface area contributed by atoms with Crippen molar-refractivity contribution in [2.24, 2.45) is 0 Å². The molecule has 2 N–H and O–H groups in total. The minimum Gasteiger partial charge on any atom is -0.219 e. The van der Waals surface area contributed by atoms with Gasteiger partial charge in [-0.05, 0) is 6.42 Å². The van der Waals surface area contributed by atoms with Gasteiger partial charge in [-0.3, -0.25) is 0 Å². The molecular weight excluding hydrogens is 204 g/mol. The molecule has 0 bridgehead atoms. The molecule has 0 aliphatic heterocycles. The molecule has 4 nitrogen and oxygen atoms in total. The first-order chi connectivity index (χ1) is 7.77. The fourth-order valence-corrected chi connectivity index (χ4v) is 1.79. The van der Waals surface area contributed by atoms with E-state index < -0.39 is 0 Å². The van der Waals surface area contributed by atoms with Crippen LogP contribution in [0.1, 0.15) is 71.1 Å². The van der Waals surface area contributed by atoms with Gasteiger partial charge < -0.3 is 0 Å². The zero-order valence-electron chi connectivity index (χ0n) is 10.6. The van der Waals surface area contributed by atoms with Crippen molar-refractivity contribution < 1.29 is 10.2 Å². The molecule has 16 heavy (non-hydrogen) atoms. The molecule has 0 aromatic rings. The average molecular weight is 231 g/mol. The number of nitrogens with zero attached hydrogens (tertiary/aromatic N) is 1. The van der Waals surface area contributed by atoms with Crippen LogP contribution in [-0.2, 0) is 0 Å². The molecule has 0 saturated heterocycles. The predicted molar refractivity (Wildman–Crippen MR) is 65.3 cm³/mol. The smallest absolute Gasteiger partial charge is 0.219 e. The molecule has 0 fully saturated rings. The average Bonchev–Trinajstić information content (AvgIpc) is 2.25. The molecular formula is C12H27N2O2+. The van der Waals surface area contributed by atoms with Crippen LogP contribution in [0.15, 0.2) is 0 Å². The van der Waals surface area contributed by atoms with Crippen molar-refractivity contribution in [3.63, 3.8) is 0 Å². The van der Waals surface area contributed by atoms with Gasteiger partial charge in [0.05, 0.1) is 6.54 Å². The largest absolute Gasteiger partial charge is 0.354 e. The summed E-state index contributed by atoms with van der Waals surface area (Å²) in [7, 11) is 0. The molecule has 0 atom stereocenters. The van der Waals surface area contributed by atoms with Crippen molar-refractivity contribution >= 4 is 0 Å². The quantitative estimate of drug-likeness (QED) is 0.399.